The van der Waals surface area contributed by atoms with E-state index < -0.39 is 0 Å². The smallest absolute Gasteiger partial charge is 0.323 e. The molecule has 0 bridgehead atoms. The third kappa shape index (κ3) is 3.78. The van der Waals surface area contributed by atoms with Gasteiger partial charge in [0.2, 0.25) is 5.91 Å². The fourth-order valence-corrected chi connectivity index (χ4v) is 4.78. The normalized spacial score (nSPS) is 21.8. The molecule has 1 fully saturated rings. The Balaban J connectivity index is 1.38. The maximum atomic E-state index is 13.3. The summed E-state index contributed by atoms with van der Waals surface area (Å²) in [6, 6.07) is 14.0. The van der Waals surface area contributed by atoms with E-state index in [-0.39, 0.29) is 23.7 Å². The van der Waals surface area contributed by atoms with Crippen molar-refractivity contribution >= 4 is 16.9 Å². The molecule has 3 N–H and O–H groups in total. The molecule has 2 aliphatic rings. The van der Waals surface area contributed by atoms with E-state index in [2.05, 4.69) is 33.1 Å². The number of aromatic amines is 2. The molecule has 30 heavy (non-hydrogen) atoms. The van der Waals surface area contributed by atoms with Crippen LogP contribution in [0.2, 0.25) is 0 Å². The lowest BCUT2D eigenvalue weighted by Gasteiger charge is -2.39. The number of aromatic nitrogens is 2. The molecule has 1 unspecified atom stereocenters. The van der Waals surface area contributed by atoms with Gasteiger partial charge in [-0.3, -0.25) is 9.69 Å². The van der Waals surface area contributed by atoms with Gasteiger partial charge in [-0.1, -0.05) is 30.3 Å². The van der Waals surface area contributed by atoms with Crippen molar-refractivity contribution in [1.82, 2.24) is 19.8 Å². The van der Waals surface area contributed by atoms with Crippen LogP contribution in [0.3, 0.4) is 0 Å². The number of nitrogens with zero attached hydrogens (tertiary/aromatic N) is 2. The predicted octanol–water partition coefficient (Wildman–Crippen LogP) is 1.42. The first-order valence-electron chi connectivity index (χ1n) is 10.5. The number of H-pyrrole nitrogens is 2. The summed E-state index contributed by atoms with van der Waals surface area (Å²) in [7, 11) is 0. The maximum absolute atomic E-state index is 13.3. The second-order valence-electron chi connectivity index (χ2n) is 8.49. The van der Waals surface area contributed by atoms with Crippen LogP contribution in [0.4, 0.5) is 0 Å². The van der Waals surface area contributed by atoms with Gasteiger partial charge in [-0.2, -0.15) is 0 Å². The van der Waals surface area contributed by atoms with Crippen molar-refractivity contribution < 1.29 is 9.90 Å². The molecule has 0 saturated carbocycles. The summed E-state index contributed by atoms with van der Waals surface area (Å²) in [5.41, 5.74) is 4.61. The van der Waals surface area contributed by atoms with Gasteiger partial charge in [0, 0.05) is 32.2 Å². The number of likely N-dealkylation sites (tertiary alicyclic amines) is 1. The number of amides is 1. The van der Waals surface area contributed by atoms with Crippen LogP contribution in [-0.2, 0) is 24.2 Å². The number of imidazole rings is 1. The Morgan fingerprint density at radius 3 is 2.70 bits per heavy atom. The van der Waals surface area contributed by atoms with Gasteiger partial charge < -0.3 is 20.0 Å². The first kappa shape index (κ1) is 19.1. The molecular formula is C23H26N4O3. The number of rotatable bonds is 4. The van der Waals surface area contributed by atoms with Crippen molar-refractivity contribution in [1.29, 1.82) is 0 Å². The van der Waals surface area contributed by atoms with Crippen LogP contribution >= 0.6 is 0 Å². The summed E-state index contributed by atoms with van der Waals surface area (Å²) in [6.45, 7) is 2.94. The van der Waals surface area contributed by atoms with Gasteiger partial charge in [0.05, 0.1) is 23.6 Å². The van der Waals surface area contributed by atoms with Crippen molar-refractivity contribution in [2.75, 3.05) is 19.6 Å². The lowest BCUT2D eigenvalue weighted by molar-refractivity contribution is -0.134. The number of aliphatic hydroxyl groups excluding tert-OH is 1. The van der Waals surface area contributed by atoms with Crippen molar-refractivity contribution in [3.05, 3.63) is 69.6 Å². The zero-order chi connectivity index (χ0) is 20.7. The van der Waals surface area contributed by atoms with Crippen molar-refractivity contribution in [2.24, 2.45) is 0 Å². The molecule has 0 radical (unpaired) electrons. The number of benzene rings is 2. The first-order chi connectivity index (χ1) is 14.5. The summed E-state index contributed by atoms with van der Waals surface area (Å²) in [5, 5.41) is 9.90. The van der Waals surface area contributed by atoms with E-state index in [1.165, 1.54) is 11.1 Å². The minimum absolute atomic E-state index is 0.0893. The molecule has 1 aromatic heterocycles. The molecule has 2 aliphatic heterocycles. The van der Waals surface area contributed by atoms with E-state index in [1.54, 1.807) is 0 Å². The number of hydrogen-bond donors (Lipinski definition) is 3. The summed E-state index contributed by atoms with van der Waals surface area (Å²) < 4.78 is 0. The molecular weight excluding hydrogens is 380 g/mol. The number of fused-ring (bicyclic) bond motifs is 2. The number of carbonyl (C=O) groups is 1. The number of β-amino-alcohol motifs (C(OH)–C–C–N with tert-alkyl or cyclic N) is 1. The van der Waals surface area contributed by atoms with Crippen LogP contribution < -0.4 is 5.69 Å². The van der Waals surface area contributed by atoms with E-state index in [9.17, 15) is 14.7 Å². The Morgan fingerprint density at radius 2 is 1.90 bits per heavy atom. The highest BCUT2D eigenvalue weighted by molar-refractivity contribution is 5.82. The van der Waals surface area contributed by atoms with Gasteiger partial charge in [-0.25, -0.2) is 4.79 Å². The first-order valence-corrected chi connectivity index (χ1v) is 10.5. The van der Waals surface area contributed by atoms with Gasteiger partial charge in [0.15, 0.2) is 0 Å². The van der Waals surface area contributed by atoms with Gasteiger partial charge in [-0.15, -0.1) is 0 Å². The number of aliphatic hydroxyl groups is 1. The monoisotopic (exact) mass is 406 g/mol. The van der Waals surface area contributed by atoms with Gasteiger partial charge in [0.25, 0.3) is 0 Å². The molecule has 156 valence electrons. The Morgan fingerprint density at radius 1 is 1.10 bits per heavy atom. The molecule has 3 heterocycles. The fraction of sp³-hybridized carbons (Fsp3) is 0.391. The lowest BCUT2D eigenvalue weighted by atomic mass is 9.93. The summed E-state index contributed by atoms with van der Waals surface area (Å²) in [5.74, 6) is 0.0893. The van der Waals surface area contributed by atoms with Crippen molar-refractivity contribution in [3.8, 4) is 0 Å². The standard InChI is InChI=1S/C23H26N4O3/c28-19-7-8-26(14-19)13-18-11-16-3-1-2-4-17(16)12-27(18)22(29)10-15-5-6-20-21(9-15)25-23(30)24-20/h1-6,9,18-19,28H,7-8,10-14H2,(H2,24,25,30)/t18?,19-/m0/s1. The van der Waals surface area contributed by atoms with E-state index in [0.717, 1.165) is 42.5 Å². The molecule has 2 aromatic carbocycles. The van der Waals surface area contributed by atoms with Crippen LogP contribution in [0.5, 0.6) is 0 Å². The number of nitrogens with one attached hydrogen (secondary N) is 2. The average molecular weight is 406 g/mol. The van der Waals surface area contributed by atoms with Gasteiger partial charge >= 0.3 is 5.69 Å². The highest BCUT2D eigenvalue weighted by Gasteiger charge is 2.32. The lowest BCUT2D eigenvalue weighted by Crippen LogP contribution is -2.50. The van der Waals surface area contributed by atoms with Gasteiger partial charge in [-0.05, 0) is 41.7 Å². The molecule has 2 atom stereocenters. The van der Waals surface area contributed by atoms with Gasteiger partial charge in [0.1, 0.15) is 0 Å². The Bertz CT molecular complexity index is 1130. The van der Waals surface area contributed by atoms with Crippen LogP contribution in [0.15, 0.2) is 47.3 Å². The quantitative estimate of drug-likeness (QED) is 0.611. The topological polar surface area (TPSA) is 92.4 Å². The molecule has 0 spiro atoms. The second-order valence-corrected chi connectivity index (χ2v) is 8.49. The van der Waals surface area contributed by atoms with E-state index >= 15 is 0 Å². The third-order valence-corrected chi connectivity index (χ3v) is 6.33. The van der Waals surface area contributed by atoms with Crippen LogP contribution in [0.1, 0.15) is 23.1 Å². The Hall–Kier alpha value is -2.90. The number of hydrogen-bond acceptors (Lipinski definition) is 4. The van der Waals surface area contributed by atoms with E-state index in [1.807, 2.05) is 29.2 Å². The summed E-state index contributed by atoms with van der Waals surface area (Å²) in [4.78, 5) is 34.6. The summed E-state index contributed by atoms with van der Waals surface area (Å²) >= 11 is 0. The Kier molecular flexibility index (Phi) is 4.92. The fourth-order valence-electron chi connectivity index (χ4n) is 4.78. The molecule has 0 aliphatic carbocycles. The highest BCUT2D eigenvalue weighted by Crippen LogP contribution is 2.26. The molecule has 3 aromatic rings. The Labute approximate surface area is 174 Å². The zero-order valence-corrected chi connectivity index (χ0v) is 16.8. The third-order valence-electron chi connectivity index (χ3n) is 6.33. The second kappa shape index (κ2) is 7.74. The molecule has 5 rings (SSSR count). The van der Waals surface area contributed by atoms with Crippen LogP contribution in [-0.4, -0.2) is 62.6 Å². The molecule has 7 heteroatoms. The molecule has 1 amide bonds. The maximum Gasteiger partial charge on any atom is 0.323 e. The molecule has 1 saturated heterocycles. The largest absolute Gasteiger partial charge is 0.392 e. The van der Waals surface area contributed by atoms with Crippen LogP contribution in [0, 0.1) is 0 Å². The minimum atomic E-state index is -0.264. The van der Waals surface area contributed by atoms with Crippen molar-refractivity contribution in [2.45, 2.75) is 38.0 Å². The average Bonchev–Trinajstić information content (AvgIpc) is 3.31. The van der Waals surface area contributed by atoms with E-state index in [0.29, 0.717) is 19.5 Å². The molecule has 7 nitrogen and oxygen atoms in total. The highest BCUT2D eigenvalue weighted by atomic mass is 16.3. The van der Waals surface area contributed by atoms with Crippen LogP contribution in [0.25, 0.3) is 11.0 Å². The summed E-state index contributed by atoms with van der Waals surface area (Å²) in [6.07, 6.45) is 1.66. The van der Waals surface area contributed by atoms with E-state index in [4.69, 9.17) is 0 Å². The van der Waals surface area contributed by atoms with Crippen molar-refractivity contribution in [3.63, 3.8) is 0 Å². The minimum Gasteiger partial charge on any atom is -0.392 e. The number of carbonyl (C=O) groups excluding carboxylic acids is 1. The predicted molar refractivity (Wildman–Crippen MR) is 114 cm³/mol. The SMILES string of the molecule is O=C(Cc1ccc2[nH]c(=O)[nH]c2c1)N1Cc2ccccc2CC1CN1CC[C@H](O)C1. The zero-order valence-electron chi connectivity index (χ0n) is 16.8.